The predicted molar refractivity (Wildman–Crippen MR) is 125 cm³/mol. The van der Waals surface area contributed by atoms with Crippen LogP contribution < -0.4 is 4.72 Å². The molecule has 1 aliphatic rings. The molecule has 0 unspecified atom stereocenters. The lowest BCUT2D eigenvalue weighted by atomic mass is 9.85. The minimum atomic E-state index is -0.0718. The Morgan fingerprint density at radius 1 is 1.29 bits per heavy atom. The van der Waals surface area contributed by atoms with E-state index in [0.717, 1.165) is 5.03 Å². The van der Waals surface area contributed by atoms with Crippen LogP contribution in [-0.2, 0) is 9.47 Å². The third-order valence-corrected chi connectivity index (χ3v) is 8.36. The molecule has 0 atom stereocenters. The molecule has 1 fully saturated rings. The number of aryl methyl sites for hydroxylation is 2. The monoisotopic (exact) mass is 433 g/mol. The van der Waals surface area contributed by atoms with Crippen LogP contribution in [0, 0.1) is 19.3 Å². The molecule has 6 heteroatoms. The van der Waals surface area contributed by atoms with Crippen LogP contribution in [0.2, 0.25) is 0 Å². The molecule has 150 valence electrons. The van der Waals surface area contributed by atoms with Crippen molar-refractivity contribution in [2.75, 3.05) is 20.0 Å². The molecule has 28 heavy (non-hydrogen) atoms. The number of thiophene rings is 1. The quantitative estimate of drug-likeness (QED) is 0.384. The zero-order valence-corrected chi connectivity index (χ0v) is 19.3. The average Bonchev–Trinajstić information content (AvgIpc) is 2.99. The molecule has 1 saturated heterocycles. The van der Waals surface area contributed by atoms with Gasteiger partial charge in [0.1, 0.15) is 6.79 Å². The number of hydrogen-bond donors (Lipinski definition) is 1. The minimum Gasteiger partial charge on any atom is -0.354 e. The molecule has 1 aromatic carbocycles. The van der Waals surface area contributed by atoms with Gasteiger partial charge in [0.2, 0.25) is 0 Å². The first kappa shape index (κ1) is 21.5. The number of benzene rings is 1. The molecule has 1 N–H and O–H groups in total. The van der Waals surface area contributed by atoms with Crippen molar-refractivity contribution in [2.24, 2.45) is 5.41 Å². The van der Waals surface area contributed by atoms with Crippen molar-refractivity contribution in [3.8, 4) is 0 Å². The van der Waals surface area contributed by atoms with Gasteiger partial charge in [-0.3, -0.25) is 0 Å². The van der Waals surface area contributed by atoms with Gasteiger partial charge < -0.3 is 14.2 Å². The van der Waals surface area contributed by atoms with E-state index in [2.05, 4.69) is 62.6 Å². The molecule has 2 aromatic rings. The second-order valence-corrected chi connectivity index (χ2v) is 10.3. The molecule has 1 aliphatic heterocycles. The first-order valence-corrected chi connectivity index (χ1v) is 11.7. The Balaban J connectivity index is 1.69. The largest absolute Gasteiger partial charge is 0.354 e. The van der Waals surface area contributed by atoms with Crippen LogP contribution >= 0.6 is 35.0 Å². The Hall–Kier alpha value is -1.18. The number of allylic oxidation sites excluding steroid dienone is 2. The van der Waals surface area contributed by atoms with Gasteiger partial charge in [-0.1, -0.05) is 54.6 Å². The topological polar surface area (TPSA) is 30.5 Å². The van der Waals surface area contributed by atoms with Gasteiger partial charge in [-0.2, -0.15) is 0 Å². The molecular formula is C22H27NO2S3. The van der Waals surface area contributed by atoms with Gasteiger partial charge in [0, 0.05) is 10.1 Å². The third kappa shape index (κ3) is 5.05. The molecule has 0 radical (unpaired) electrons. The van der Waals surface area contributed by atoms with Crippen molar-refractivity contribution in [1.82, 2.24) is 4.72 Å². The summed E-state index contributed by atoms with van der Waals surface area (Å²) in [4.78, 5) is 0. The van der Waals surface area contributed by atoms with E-state index >= 15 is 0 Å². The Labute approximate surface area is 180 Å². The smallest absolute Gasteiger partial charge is 0.146 e. The SMILES string of the molecule is C=C/C=C(\NSc1sc2ccc(C)cc2c1C)S/C=C(\C)C1(C)COCOC1. The summed E-state index contributed by atoms with van der Waals surface area (Å²) in [5, 5.41) is 4.58. The first-order valence-electron chi connectivity index (χ1n) is 9.18. The number of thioether (sulfide) groups is 1. The lowest BCUT2D eigenvalue weighted by Crippen LogP contribution is -2.35. The number of hydrogen-bond acceptors (Lipinski definition) is 6. The lowest BCUT2D eigenvalue weighted by Gasteiger charge is -2.34. The Kier molecular flexibility index (Phi) is 7.34. The molecule has 0 saturated carbocycles. The summed E-state index contributed by atoms with van der Waals surface area (Å²) in [7, 11) is 0. The van der Waals surface area contributed by atoms with Crippen LogP contribution in [0.4, 0.5) is 0 Å². The summed E-state index contributed by atoms with van der Waals surface area (Å²) in [5.74, 6) is 0. The van der Waals surface area contributed by atoms with E-state index in [-0.39, 0.29) is 5.41 Å². The maximum absolute atomic E-state index is 5.49. The van der Waals surface area contributed by atoms with E-state index in [9.17, 15) is 0 Å². The molecule has 3 rings (SSSR count). The fraction of sp³-hybridized carbons (Fsp3) is 0.364. The second kappa shape index (κ2) is 9.55. The molecule has 0 aliphatic carbocycles. The van der Waals surface area contributed by atoms with Gasteiger partial charge in [0.05, 0.1) is 22.5 Å². The van der Waals surface area contributed by atoms with Crippen molar-refractivity contribution in [3.63, 3.8) is 0 Å². The summed E-state index contributed by atoms with van der Waals surface area (Å²) in [6.45, 7) is 14.3. The normalized spacial score (nSPS) is 17.7. The summed E-state index contributed by atoms with van der Waals surface area (Å²) in [5.41, 5.74) is 3.82. The number of rotatable bonds is 7. The van der Waals surface area contributed by atoms with E-state index in [1.54, 1.807) is 23.7 Å². The summed E-state index contributed by atoms with van der Waals surface area (Å²) < 4.78 is 17.1. The van der Waals surface area contributed by atoms with Gasteiger partial charge in [0.15, 0.2) is 0 Å². The summed E-state index contributed by atoms with van der Waals surface area (Å²) in [6.07, 6.45) is 3.82. The molecule has 3 nitrogen and oxygen atoms in total. The second-order valence-electron chi connectivity index (χ2n) is 7.28. The molecule has 2 heterocycles. The molecule has 0 spiro atoms. The highest BCUT2D eigenvalue weighted by Crippen LogP contribution is 2.38. The van der Waals surface area contributed by atoms with Gasteiger partial charge in [-0.05, 0) is 61.2 Å². The molecule has 0 bridgehead atoms. The Morgan fingerprint density at radius 3 is 2.75 bits per heavy atom. The number of fused-ring (bicyclic) bond motifs is 1. The first-order chi connectivity index (χ1) is 13.4. The van der Waals surface area contributed by atoms with Crippen LogP contribution in [0.5, 0.6) is 0 Å². The van der Waals surface area contributed by atoms with Gasteiger partial charge in [-0.15, -0.1) is 11.3 Å². The highest BCUT2D eigenvalue weighted by molar-refractivity contribution is 8.07. The minimum absolute atomic E-state index is 0.0718. The van der Waals surface area contributed by atoms with E-state index in [0.29, 0.717) is 20.0 Å². The molecule has 1 aromatic heterocycles. The van der Waals surface area contributed by atoms with Crippen LogP contribution in [0.3, 0.4) is 0 Å². The zero-order chi connectivity index (χ0) is 20.1. The number of nitrogens with one attached hydrogen (secondary N) is 1. The van der Waals surface area contributed by atoms with Gasteiger partial charge >= 0.3 is 0 Å². The van der Waals surface area contributed by atoms with E-state index in [1.165, 1.54) is 31.0 Å². The fourth-order valence-electron chi connectivity index (χ4n) is 2.87. The zero-order valence-electron chi connectivity index (χ0n) is 16.8. The van der Waals surface area contributed by atoms with E-state index < -0.39 is 0 Å². The van der Waals surface area contributed by atoms with Crippen LogP contribution in [0.15, 0.2) is 57.1 Å². The van der Waals surface area contributed by atoms with Crippen LogP contribution in [0.25, 0.3) is 10.1 Å². The highest BCUT2D eigenvalue weighted by Gasteiger charge is 2.30. The van der Waals surface area contributed by atoms with Crippen molar-refractivity contribution < 1.29 is 9.47 Å². The maximum Gasteiger partial charge on any atom is 0.146 e. The summed E-state index contributed by atoms with van der Waals surface area (Å²) in [6, 6.07) is 6.65. The summed E-state index contributed by atoms with van der Waals surface area (Å²) >= 11 is 5.17. The standard InChI is InChI=1S/C22H27NO2S3/c1-6-7-20(26-11-16(3)22(5)12-24-14-25-13-22)23-28-21-17(4)18-10-15(2)8-9-19(18)27-21/h6-11,23H,1,12-14H2,2-5H3/b16-11+,20-7+. The van der Waals surface area contributed by atoms with Gasteiger partial charge in [-0.25, -0.2) is 0 Å². The van der Waals surface area contributed by atoms with Crippen LogP contribution in [-0.4, -0.2) is 20.0 Å². The van der Waals surface area contributed by atoms with Crippen molar-refractivity contribution >= 4 is 45.1 Å². The van der Waals surface area contributed by atoms with E-state index in [1.807, 2.05) is 23.5 Å². The average molecular weight is 434 g/mol. The van der Waals surface area contributed by atoms with Crippen LogP contribution in [0.1, 0.15) is 25.0 Å². The van der Waals surface area contributed by atoms with Crippen molar-refractivity contribution in [2.45, 2.75) is 31.9 Å². The fourth-order valence-corrected chi connectivity index (χ4v) is 5.95. The third-order valence-electron chi connectivity index (χ3n) is 4.88. The van der Waals surface area contributed by atoms with E-state index in [4.69, 9.17) is 9.47 Å². The number of ether oxygens (including phenoxy) is 2. The molecule has 0 amide bonds. The van der Waals surface area contributed by atoms with Gasteiger partial charge in [0.25, 0.3) is 0 Å². The van der Waals surface area contributed by atoms with Crippen molar-refractivity contribution in [3.05, 3.63) is 64.1 Å². The lowest BCUT2D eigenvalue weighted by molar-refractivity contribution is -0.147. The Morgan fingerprint density at radius 2 is 2.04 bits per heavy atom. The molecular weight excluding hydrogens is 406 g/mol. The highest BCUT2D eigenvalue weighted by atomic mass is 32.2. The Bertz CT molecular complexity index is 908. The maximum atomic E-state index is 5.49. The van der Waals surface area contributed by atoms with Crippen molar-refractivity contribution in [1.29, 1.82) is 0 Å². The predicted octanol–water partition coefficient (Wildman–Crippen LogP) is 6.79.